The molecule has 0 N–H and O–H groups in total. The van der Waals surface area contributed by atoms with E-state index in [1.165, 1.54) is 16.0 Å². The number of amides is 2. The second-order valence-corrected chi connectivity index (χ2v) is 15.9. The molecule has 0 bridgehead atoms. The number of likely N-dealkylation sites (N-methyl/N-ethyl adjacent to an activating group) is 1. The van der Waals surface area contributed by atoms with Gasteiger partial charge in [-0.3, -0.25) is 9.59 Å². The van der Waals surface area contributed by atoms with Crippen molar-refractivity contribution in [3.8, 4) is 0 Å². The first-order valence-corrected chi connectivity index (χ1v) is 19.5. The lowest BCUT2D eigenvalue weighted by molar-refractivity contribution is -0.143. The molecule has 2 amide bonds. The standard InChI is InChI=1S/C41H45Cl2F6N3O5.ClH/c1-50(13-5-18-55-2)36(53)25-56-35-22-27-6-3-4-7-32(27)38(35)10-14-51(15-11-38)16-12-39(29-8-9-33(42)34(43)24-29)26-52(17-19-57-39)37(54)28-20-30(40(44,45)46)23-31(21-28)41(47,48)49;/h3-4,6-9,20-21,23-24,35H,5,10-19,22,25-26H2,1-2H3;1H/t35-,39+;/m0./s1. The summed E-state index contributed by atoms with van der Waals surface area (Å²) in [4.78, 5) is 31.9. The molecule has 3 aliphatic rings. The van der Waals surface area contributed by atoms with Crippen molar-refractivity contribution in [1.29, 1.82) is 0 Å². The maximum atomic E-state index is 13.8. The van der Waals surface area contributed by atoms with Crippen molar-refractivity contribution in [2.45, 2.75) is 61.6 Å². The minimum Gasteiger partial charge on any atom is -0.385 e. The van der Waals surface area contributed by atoms with Crippen LogP contribution in [0.3, 0.4) is 0 Å². The van der Waals surface area contributed by atoms with Crippen molar-refractivity contribution in [3.05, 3.63) is 104 Å². The summed E-state index contributed by atoms with van der Waals surface area (Å²) in [5.41, 5.74) is -2.41. The van der Waals surface area contributed by atoms with Gasteiger partial charge in [0, 0.05) is 51.4 Å². The summed E-state index contributed by atoms with van der Waals surface area (Å²) >= 11 is 12.7. The topological polar surface area (TPSA) is 71.5 Å². The molecule has 1 aliphatic carbocycles. The van der Waals surface area contributed by atoms with Crippen molar-refractivity contribution in [2.75, 3.05) is 73.2 Å². The molecule has 0 saturated carbocycles. The lowest BCUT2D eigenvalue weighted by Crippen LogP contribution is -2.54. The number of piperidine rings is 1. The lowest BCUT2D eigenvalue weighted by atomic mass is 9.72. The summed E-state index contributed by atoms with van der Waals surface area (Å²) < 4.78 is 100. The first-order valence-electron chi connectivity index (χ1n) is 18.8. The van der Waals surface area contributed by atoms with Crippen LogP contribution < -0.4 is 0 Å². The number of alkyl halides is 6. The van der Waals surface area contributed by atoms with Crippen LogP contribution >= 0.6 is 35.6 Å². The van der Waals surface area contributed by atoms with Crippen molar-refractivity contribution in [1.82, 2.24) is 14.7 Å². The van der Waals surface area contributed by atoms with E-state index in [1.54, 1.807) is 37.3 Å². The number of fused-ring (bicyclic) bond motifs is 2. The molecule has 2 aliphatic heterocycles. The van der Waals surface area contributed by atoms with Crippen LogP contribution in [0.25, 0.3) is 0 Å². The summed E-state index contributed by atoms with van der Waals surface area (Å²) in [6.07, 6.45) is -7.21. The number of benzene rings is 3. The molecule has 3 aromatic rings. The van der Waals surface area contributed by atoms with E-state index in [2.05, 4.69) is 17.0 Å². The molecule has 1 spiro atoms. The van der Waals surface area contributed by atoms with E-state index >= 15 is 0 Å². The number of nitrogens with zero attached hydrogens (tertiary/aromatic N) is 3. The van der Waals surface area contributed by atoms with Gasteiger partial charge in [-0.1, -0.05) is 53.5 Å². The van der Waals surface area contributed by atoms with E-state index in [0.717, 1.165) is 19.3 Å². The van der Waals surface area contributed by atoms with Crippen LogP contribution in [0, 0.1) is 0 Å². The Morgan fingerprint density at radius 3 is 2.24 bits per heavy atom. The van der Waals surface area contributed by atoms with Gasteiger partial charge in [0.05, 0.1) is 40.4 Å². The average Bonchev–Trinajstić information content (AvgIpc) is 3.48. The number of ether oxygens (including phenoxy) is 3. The number of halogens is 9. The van der Waals surface area contributed by atoms with Gasteiger partial charge in [0.1, 0.15) is 12.2 Å². The molecular weight excluding hydrogens is 835 g/mol. The molecular formula is C41H46Cl3F6N3O5. The third-order valence-electron chi connectivity index (χ3n) is 11.6. The van der Waals surface area contributed by atoms with Crippen LogP contribution in [-0.2, 0) is 48.8 Å². The van der Waals surface area contributed by atoms with Gasteiger partial charge >= 0.3 is 12.4 Å². The third kappa shape index (κ3) is 10.1. The largest absolute Gasteiger partial charge is 0.416 e. The van der Waals surface area contributed by atoms with Crippen molar-refractivity contribution in [3.63, 3.8) is 0 Å². The highest BCUT2D eigenvalue weighted by Crippen LogP contribution is 2.48. The molecule has 0 radical (unpaired) electrons. The molecule has 17 heteroatoms. The average molecular weight is 881 g/mol. The van der Waals surface area contributed by atoms with E-state index in [9.17, 15) is 35.9 Å². The Labute approximate surface area is 350 Å². The predicted molar refractivity (Wildman–Crippen MR) is 210 cm³/mol. The van der Waals surface area contributed by atoms with Gasteiger partial charge in [0.25, 0.3) is 5.91 Å². The van der Waals surface area contributed by atoms with Gasteiger partial charge in [0.2, 0.25) is 5.91 Å². The van der Waals surface area contributed by atoms with Crippen LogP contribution in [0.15, 0.2) is 60.7 Å². The SMILES string of the molecule is COCCCN(C)C(=O)CO[C@H]1Cc2ccccc2C12CCN(CC[C@]1(c3ccc(Cl)c(Cl)c3)CN(C(=O)c3cc(C(F)(F)F)cc(C(F)(F)F)c3)CCO1)CC2.Cl. The summed E-state index contributed by atoms with van der Waals surface area (Å²) in [6.45, 7) is 2.66. The molecule has 0 aromatic heterocycles. The van der Waals surface area contributed by atoms with E-state index in [-0.39, 0.29) is 72.2 Å². The summed E-state index contributed by atoms with van der Waals surface area (Å²) in [5, 5.41) is 0.496. The molecule has 2 heterocycles. The van der Waals surface area contributed by atoms with Crippen molar-refractivity contribution in [2.24, 2.45) is 0 Å². The number of carbonyl (C=O) groups excluding carboxylic acids is 2. The zero-order chi connectivity index (χ0) is 41.2. The number of hydrogen-bond donors (Lipinski definition) is 0. The normalized spacial score (nSPS) is 20.8. The maximum Gasteiger partial charge on any atom is 0.416 e. The zero-order valence-corrected chi connectivity index (χ0v) is 34.4. The second-order valence-electron chi connectivity index (χ2n) is 15.1. The molecule has 6 rings (SSSR count). The van der Waals surface area contributed by atoms with Gasteiger partial charge in [-0.2, -0.15) is 26.3 Å². The van der Waals surface area contributed by atoms with E-state index in [1.807, 2.05) is 12.1 Å². The van der Waals surface area contributed by atoms with Crippen LogP contribution in [-0.4, -0.2) is 106 Å². The van der Waals surface area contributed by atoms with Crippen LogP contribution in [0.5, 0.6) is 0 Å². The summed E-state index contributed by atoms with van der Waals surface area (Å²) in [6, 6.07) is 14.1. The Balaban J connectivity index is 0.00000641. The zero-order valence-electron chi connectivity index (χ0n) is 32.1. The van der Waals surface area contributed by atoms with E-state index < -0.39 is 40.6 Å². The molecule has 0 unspecified atom stereocenters. The number of carbonyl (C=O) groups is 2. The fourth-order valence-electron chi connectivity index (χ4n) is 8.40. The molecule has 8 nitrogen and oxygen atoms in total. The van der Waals surface area contributed by atoms with Crippen LogP contribution in [0.2, 0.25) is 10.0 Å². The van der Waals surface area contributed by atoms with Gasteiger partial charge < -0.3 is 28.9 Å². The molecule has 3 aromatic carbocycles. The Morgan fingerprint density at radius 2 is 1.60 bits per heavy atom. The predicted octanol–water partition coefficient (Wildman–Crippen LogP) is 8.68. The number of hydrogen-bond acceptors (Lipinski definition) is 6. The van der Waals surface area contributed by atoms with Crippen molar-refractivity contribution < 1.29 is 50.1 Å². The van der Waals surface area contributed by atoms with Gasteiger partial charge in [0.15, 0.2) is 0 Å². The molecule has 58 heavy (non-hydrogen) atoms. The van der Waals surface area contributed by atoms with Gasteiger partial charge in [-0.25, -0.2) is 0 Å². The molecule has 318 valence electrons. The first kappa shape index (κ1) is 46.0. The van der Waals surface area contributed by atoms with Crippen LogP contribution in [0.4, 0.5) is 26.3 Å². The summed E-state index contributed by atoms with van der Waals surface area (Å²) in [5.74, 6) is -1.08. The monoisotopic (exact) mass is 879 g/mol. The Hall–Kier alpha value is -3.11. The highest BCUT2D eigenvalue weighted by atomic mass is 35.5. The highest BCUT2D eigenvalue weighted by Gasteiger charge is 2.50. The highest BCUT2D eigenvalue weighted by molar-refractivity contribution is 6.42. The fourth-order valence-corrected chi connectivity index (χ4v) is 8.70. The minimum atomic E-state index is -5.11. The lowest BCUT2D eigenvalue weighted by Gasteiger charge is -2.46. The van der Waals surface area contributed by atoms with Crippen LogP contribution in [0.1, 0.15) is 63.9 Å². The Bertz CT molecular complexity index is 1890. The molecule has 2 atom stereocenters. The van der Waals surface area contributed by atoms with Gasteiger partial charge in [-0.15, -0.1) is 12.4 Å². The molecule has 2 fully saturated rings. The maximum absolute atomic E-state index is 13.8. The minimum absolute atomic E-state index is 0. The van der Waals surface area contributed by atoms with Gasteiger partial charge in [-0.05, 0) is 92.2 Å². The summed E-state index contributed by atoms with van der Waals surface area (Å²) in [7, 11) is 3.37. The quantitative estimate of drug-likeness (QED) is 0.134. The fraction of sp³-hybridized carbons (Fsp3) is 0.512. The smallest absolute Gasteiger partial charge is 0.385 e. The van der Waals surface area contributed by atoms with E-state index in [0.29, 0.717) is 63.3 Å². The number of morpholine rings is 1. The Morgan fingerprint density at radius 1 is 0.931 bits per heavy atom. The number of methoxy groups -OCH3 is 1. The number of rotatable bonds is 12. The Kier molecular flexibility index (Phi) is 14.8. The van der Waals surface area contributed by atoms with Crippen molar-refractivity contribution >= 4 is 47.4 Å². The second kappa shape index (κ2) is 18.7. The molecule has 2 saturated heterocycles. The third-order valence-corrected chi connectivity index (χ3v) is 12.3. The number of likely N-dealkylation sites (tertiary alicyclic amines) is 1. The van der Waals surface area contributed by atoms with E-state index in [4.69, 9.17) is 37.4 Å². The first-order chi connectivity index (χ1) is 27.0.